The fourth-order valence-corrected chi connectivity index (χ4v) is 13.6. The van der Waals surface area contributed by atoms with Crippen LogP contribution in [0, 0.1) is 0 Å². The number of oxazole rings is 1. The van der Waals surface area contributed by atoms with Crippen LogP contribution in [0.3, 0.4) is 0 Å². The molecule has 354 valence electrons. The van der Waals surface area contributed by atoms with E-state index < -0.39 is 0 Å². The normalized spacial score (nSPS) is 12.2. The SMILES string of the molecule is c1ccc2oc(-c3c(-n4c5ccccc5c5ccccc54)c(-n4c5ccccc5c5ccccc54)c(-c4nc5ccccc5s4)c(-n4c5ccccc5c5ccccc54)c3-n3c4ccccc4c4ccccc43)nc2c1. The summed E-state index contributed by atoms with van der Waals surface area (Å²) in [6, 6.07) is 87.4. The van der Waals surface area contributed by atoms with Gasteiger partial charge in [-0.25, -0.2) is 9.97 Å². The molecule has 0 radical (unpaired) electrons. The van der Waals surface area contributed by atoms with Crippen molar-refractivity contribution in [1.29, 1.82) is 0 Å². The molecule has 17 aromatic rings. The lowest BCUT2D eigenvalue weighted by Gasteiger charge is -2.29. The minimum absolute atomic E-state index is 0.495. The molecule has 0 atom stereocenters. The molecule has 0 saturated heterocycles. The first-order chi connectivity index (χ1) is 37.8. The van der Waals surface area contributed by atoms with Gasteiger partial charge in [0.05, 0.1) is 88.2 Å². The van der Waals surface area contributed by atoms with E-state index in [1.165, 1.54) is 0 Å². The summed E-state index contributed by atoms with van der Waals surface area (Å²) in [5.41, 5.74) is 16.4. The van der Waals surface area contributed by atoms with Crippen LogP contribution in [0.4, 0.5) is 0 Å². The Kier molecular flexibility index (Phi) is 8.59. The number of hydrogen-bond donors (Lipinski definition) is 0. The van der Waals surface area contributed by atoms with Crippen molar-refractivity contribution in [2.24, 2.45) is 0 Å². The van der Waals surface area contributed by atoms with Gasteiger partial charge in [0.15, 0.2) is 5.58 Å². The van der Waals surface area contributed by atoms with Gasteiger partial charge in [0, 0.05) is 43.1 Å². The first-order valence-electron chi connectivity index (χ1n) is 25.7. The molecule has 0 unspecified atom stereocenters. The summed E-state index contributed by atoms with van der Waals surface area (Å²) in [5, 5.41) is 10.0. The number of hydrogen-bond acceptors (Lipinski definition) is 4. The maximum absolute atomic E-state index is 7.40. The summed E-state index contributed by atoms with van der Waals surface area (Å²) in [7, 11) is 0. The van der Waals surface area contributed by atoms with Gasteiger partial charge in [-0.3, -0.25) is 0 Å². The molecule has 0 spiro atoms. The van der Waals surface area contributed by atoms with E-state index in [0.29, 0.717) is 11.5 Å². The Morgan fingerprint density at radius 1 is 0.276 bits per heavy atom. The minimum Gasteiger partial charge on any atom is -0.436 e. The molecule has 6 aromatic heterocycles. The van der Waals surface area contributed by atoms with Crippen LogP contribution in [0.5, 0.6) is 0 Å². The van der Waals surface area contributed by atoms with Crippen molar-refractivity contribution in [3.63, 3.8) is 0 Å². The number of para-hydroxylation sites is 11. The lowest BCUT2D eigenvalue weighted by atomic mass is 9.97. The molecule has 0 aliphatic heterocycles. The van der Waals surface area contributed by atoms with E-state index in [4.69, 9.17) is 14.4 Å². The lowest BCUT2D eigenvalue weighted by Crippen LogP contribution is -2.16. The van der Waals surface area contributed by atoms with Gasteiger partial charge >= 0.3 is 0 Å². The van der Waals surface area contributed by atoms with Gasteiger partial charge in [0.25, 0.3) is 0 Å². The summed E-state index contributed by atoms with van der Waals surface area (Å²) < 4.78 is 18.5. The van der Waals surface area contributed by atoms with E-state index in [9.17, 15) is 0 Å². The van der Waals surface area contributed by atoms with Gasteiger partial charge in [-0.1, -0.05) is 170 Å². The first kappa shape index (κ1) is 41.5. The van der Waals surface area contributed by atoms with Crippen molar-refractivity contribution in [2.75, 3.05) is 0 Å². The van der Waals surface area contributed by atoms with Crippen molar-refractivity contribution in [3.05, 3.63) is 243 Å². The van der Waals surface area contributed by atoms with Crippen molar-refractivity contribution < 1.29 is 4.42 Å². The van der Waals surface area contributed by atoms with Crippen LogP contribution < -0.4 is 0 Å². The van der Waals surface area contributed by atoms with Crippen molar-refractivity contribution in [1.82, 2.24) is 28.2 Å². The molecule has 0 bridgehead atoms. The van der Waals surface area contributed by atoms with Crippen LogP contribution in [-0.2, 0) is 0 Å². The molecular weight excluding hydrogens is 949 g/mol. The van der Waals surface area contributed by atoms with Crippen LogP contribution in [-0.4, -0.2) is 28.2 Å². The standard InChI is InChI=1S/C68H40N6OS/c1-11-31-51-41(21-1)42-22-2-12-32-52(42)71(51)63-61(67-69-49-29-9-19-39-59(49)75-67)64(72-53-33-13-3-23-43(53)44-24-4-14-34-54(44)72)66(74-57-37-17-7-27-47(57)48-28-8-18-38-58(48)74)62(68-70-50-30-10-20-40-60(50)76-68)65(63)73-55-35-15-5-25-45(55)46-26-6-16-36-56(46)73/h1-40H. The number of thiazole rings is 1. The fourth-order valence-electron chi connectivity index (χ4n) is 12.6. The Balaban J connectivity index is 1.27. The molecule has 0 aliphatic carbocycles. The van der Waals surface area contributed by atoms with Crippen molar-refractivity contribution >= 4 is 120 Å². The maximum Gasteiger partial charge on any atom is 0.231 e. The van der Waals surface area contributed by atoms with Crippen LogP contribution in [0.25, 0.3) is 153 Å². The van der Waals surface area contributed by atoms with E-state index in [1.54, 1.807) is 11.3 Å². The van der Waals surface area contributed by atoms with Crippen LogP contribution in [0.15, 0.2) is 247 Å². The zero-order valence-corrected chi connectivity index (χ0v) is 41.4. The third-order valence-electron chi connectivity index (χ3n) is 15.6. The zero-order chi connectivity index (χ0) is 49.6. The average Bonchev–Trinajstić information content (AvgIpc) is 4.45. The first-order valence-corrected chi connectivity index (χ1v) is 26.5. The van der Waals surface area contributed by atoms with Crippen LogP contribution in [0.1, 0.15) is 0 Å². The third-order valence-corrected chi connectivity index (χ3v) is 16.7. The van der Waals surface area contributed by atoms with Gasteiger partial charge < -0.3 is 22.7 Å². The van der Waals surface area contributed by atoms with E-state index in [0.717, 1.165) is 142 Å². The summed E-state index contributed by atoms with van der Waals surface area (Å²) in [6.07, 6.45) is 0. The second-order valence-corrected chi connectivity index (χ2v) is 20.6. The van der Waals surface area contributed by atoms with Crippen LogP contribution in [0.2, 0.25) is 0 Å². The van der Waals surface area contributed by atoms with Gasteiger partial charge in [-0.05, 0) is 72.8 Å². The highest BCUT2D eigenvalue weighted by Gasteiger charge is 2.37. The summed E-state index contributed by atoms with van der Waals surface area (Å²) >= 11 is 1.73. The Hall–Kier alpha value is -10.0. The highest BCUT2D eigenvalue weighted by atomic mass is 32.1. The Bertz CT molecular complexity index is 4410. The monoisotopic (exact) mass is 988 g/mol. The summed E-state index contributed by atoms with van der Waals surface area (Å²) in [5.74, 6) is 0.495. The summed E-state index contributed by atoms with van der Waals surface area (Å²) in [6.45, 7) is 0. The number of rotatable bonds is 6. The minimum atomic E-state index is 0.495. The Morgan fingerprint density at radius 3 is 0.908 bits per heavy atom. The molecular formula is C68H40N6OS. The molecule has 0 fully saturated rings. The average molecular weight is 989 g/mol. The van der Waals surface area contributed by atoms with Gasteiger partial charge in [0.2, 0.25) is 5.89 Å². The lowest BCUT2D eigenvalue weighted by molar-refractivity contribution is 0.619. The number of fused-ring (bicyclic) bond motifs is 14. The van der Waals surface area contributed by atoms with Crippen LogP contribution >= 0.6 is 11.3 Å². The highest BCUT2D eigenvalue weighted by Crippen LogP contribution is 2.55. The fraction of sp³-hybridized carbons (Fsp3) is 0. The molecule has 7 nitrogen and oxygen atoms in total. The summed E-state index contributed by atoms with van der Waals surface area (Å²) in [4.78, 5) is 11.5. The molecule has 76 heavy (non-hydrogen) atoms. The molecule has 0 N–H and O–H groups in total. The maximum atomic E-state index is 7.40. The highest BCUT2D eigenvalue weighted by molar-refractivity contribution is 7.21. The van der Waals surface area contributed by atoms with Crippen molar-refractivity contribution in [3.8, 4) is 44.8 Å². The van der Waals surface area contributed by atoms with Gasteiger partial charge in [-0.2, -0.15) is 0 Å². The van der Waals surface area contributed by atoms with E-state index in [2.05, 4.69) is 243 Å². The molecule has 17 rings (SSSR count). The number of aromatic nitrogens is 6. The largest absolute Gasteiger partial charge is 0.436 e. The molecule has 0 amide bonds. The second-order valence-electron chi connectivity index (χ2n) is 19.6. The zero-order valence-electron chi connectivity index (χ0n) is 40.6. The van der Waals surface area contributed by atoms with Gasteiger partial charge in [0.1, 0.15) is 10.5 Å². The van der Waals surface area contributed by atoms with Crippen molar-refractivity contribution in [2.45, 2.75) is 0 Å². The smallest absolute Gasteiger partial charge is 0.231 e. The van der Waals surface area contributed by atoms with E-state index in [-0.39, 0.29) is 0 Å². The Labute approximate surface area is 437 Å². The van der Waals surface area contributed by atoms with Gasteiger partial charge in [-0.15, -0.1) is 11.3 Å². The number of benzene rings is 11. The predicted octanol–water partition coefficient (Wildman–Crippen LogP) is 18.2. The number of nitrogens with zero attached hydrogens (tertiary/aromatic N) is 6. The topological polar surface area (TPSA) is 58.6 Å². The molecule has 8 heteroatoms. The molecule has 11 aromatic carbocycles. The van der Waals surface area contributed by atoms with E-state index in [1.807, 2.05) is 18.2 Å². The molecule has 0 saturated carbocycles. The molecule has 6 heterocycles. The Morgan fingerprint density at radius 2 is 0.566 bits per heavy atom. The molecule has 0 aliphatic rings. The second kappa shape index (κ2) is 15.7. The quantitative estimate of drug-likeness (QED) is 0.167. The predicted molar refractivity (Wildman–Crippen MR) is 315 cm³/mol. The third kappa shape index (κ3) is 5.65. The van der Waals surface area contributed by atoms with E-state index >= 15 is 0 Å².